The van der Waals surface area contributed by atoms with Gasteiger partial charge in [0.2, 0.25) is 11.6 Å². The van der Waals surface area contributed by atoms with Gasteiger partial charge in [-0.05, 0) is 20.8 Å². The van der Waals surface area contributed by atoms with Gasteiger partial charge in [0.1, 0.15) is 5.60 Å². The van der Waals surface area contributed by atoms with Crippen LogP contribution in [0.5, 0.6) is 0 Å². The first kappa shape index (κ1) is 13.5. The number of hydrogen-bond acceptors (Lipinski definition) is 4. The molecule has 1 saturated heterocycles. The molecule has 0 bridgehead atoms. The Morgan fingerprint density at radius 2 is 1.65 bits per heavy atom. The van der Waals surface area contributed by atoms with E-state index in [1.54, 1.807) is 20.8 Å². The van der Waals surface area contributed by atoms with Gasteiger partial charge < -0.3 is 4.74 Å². The topological polar surface area (TPSA) is 63.7 Å². The molecule has 7 heteroatoms. The Hall–Kier alpha value is -1.53. The van der Waals surface area contributed by atoms with E-state index in [1.807, 2.05) is 0 Å². The number of piperidine rings is 1. The highest BCUT2D eigenvalue weighted by atomic mass is 19.3. The second kappa shape index (κ2) is 4.05. The van der Waals surface area contributed by atoms with Crippen molar-refractivity contribution in [1.82, 2.24) is 4.90 Å². The van der Waals surface area contributed by atoms with Gasteiger partial charge in [0.15, 0.2) is 0 Å². The smallest absolute Gasteiger partial charge is 0.411 e. The van der Waals surface area contributed by atoms with Gasteiger partial charge in [-0.3, -0.25) is 14.5 Å². The molecule has 17 heavy (non-hydrogen) atoms. The van der Waals surface area contributed by atoms with Crippen LogP contribution in [0.2, 0.25) is 0 Å². The van der Waals surface area contributed by atoms with Crippen molar-refractivity contribution >= 4 is 17.7 Å². The highest BCUT2D eigenvalue weighted by Crippen LogP contribution is 2.23. The highest BCUT2D eigenvalue weighted by Gasteiger charge is 2.52. The molecule has 1 amide bonds. The minimum absolute atomic E-state index is 0.674. The third-order valence-electron chi connectivity index (χ3n) is 2.02. The maximum absolute atomic E-state index is 12.9. The summed E-state index contributed by atoms with van der Waals surface area (Å²) >= 11 is 0. The zero-order valence-electron chi connectivity index (χ0n) is 9.75. The van der Waals surface area contributed by atoms with Crippen molar-refractivity contribution in [3.63, 3.8) is 0 Å². The number of Topliss-reactive ketones (excluding diaryl/α,β-unsaturated/α-hetero) is 2. The molecule has 1 fully saturated rings. The standard InChI is InChI=1S/C10H13F2NO4/c1-9(2,3)17-8(16)13-4-6(14)10(11,12)7(15)5-13/h4-5H2,1-3H3. The van der Waals surface area contributed by atoms with Crippen LogP contribution in [0.15, 0.2) is 0 Å². The number of ketones is 2. The van der Waals surface area contributed by atoms with Crippen molar-refractivity contribution in [3.8, 4) is 0 Å². The van der Waals surface area contributed by atoms with Crippen molar-refractivity contribution in [1.29, 1.82) is 0 Å². The van der Waals surface area contributed by atoms with Crippen LogP contribution < -0.4 is 0 Å². The lowest BCUT2D eigenvalue weighted by atomic mass is 10.0. The van der Waals surface area contributed by atoms with Gasteiger partial charge in [-0.15, -0.1) is 0 Å². The van der Waals surface area contributed by atoms with Crippen molar-refractivity contribution in [2.45, 2.75) is 32.3 Å². The van der Waals surface area contributed by atoms with E-state index in [2.05, 4.69) is 0 Å². The van der Waals surface area contributed by atoms with Crippen molar-refractivity contribution < 1.29 is 27.9 Å². The normalized spacial score (nSPS) is 20.4. The number of carbonyl (C=O) groups is 3. The monoisotopic (exact) mass is 249 g/mol. The Morgan fingerprint density at radius 3 is 2.00 bits per heavy atom. The number of halogens is 2. The molecule has 0 aromatic heterocycles. The summed E-state index contributed by atoms with van der Waals surface area (Å²) in [6, 6.07) is 0. The van der Waals surface area contributed by atoms with Crippen LogP contribution in [0.3, 0.4) is 0 Å². The molecule has 96 valence electrons. The molecule has 1 rings (SSSR count). The Morgan fingerprint density at radius 1 is 1.24 bits per heavy atom. The first-order valence-electron chi connectivity index (χ1n) is 4.96. The number of amides is 1. The fraction of sp³-hybridized carbons (Fsp3) is 0.700. The lowest BCUT2D eigenvalue weighted by Gasteiger charge is -2.31. The van der Waals surface area contributed by atoms with Crippen LogP contribution in [0, 0.1) is 0 Å². The van der Waals surface area contributed by atoms with Crippen LogP contribution in [0.1, 0.15) is 20.8 Å². The van der Waals surface area contributed by atoms with E-state index in [4.69, 9.17) is 4.74 Å². The Labute approximate surface area is 96.7 Å². The van der Waals surface area contributed by atoms with E-state index in [0.717, 1.165) is 0 Å². The number of hydrogen-bond donors (Lipinski definition) is 0. The predicted molar refractivity (Wildman–Crippen MR) is 52.8 cm³/mol. The summed E-state index contributed by atoms with van der Waals surface area (Å²) in [5.41, 5.74) is -0.816. The lowest BCUT2D eigenvalue weighted by molar-refractivity contribution is -0.163. The summed E-state index contributed by atoms with van der Waals surface area (Å²) < 4.78 is 30.7. The summed E-state index contributed by atoms with van der Waals surface area (Å²) in [6.45, 7) is 3.15. The summed E-state index contributed by atoms with van der Waals surface area (Å²) in [5.74, 6) is -7.15. The van der Waals surface area contributed by atoms with Crippen molar-refractivity contribution in [2.75, 3.05) is 13.1 Å². The molecule has 0 N–H and O–H groups in total. The van der Waals surface area contributed by atoms with Crippen LogP contribution in [-0.4, -0.2) is 47.2 Å². The van der Waals surface area contributed by atoms with Crippen LogP contribution in [0.25, 0.3) is 0 Å². The first-order valence-corrected chi connectivity index (χ1v) is 4.96. The molecule has 0 saturated carbocycles. The van der Waals surface area contributed by atoms with Crippen molar-refractivity contribution in [3.05, 3.63) is 0 Å². The Balaban J connectivity index is 2.75. The van der Waals surface area contributed by atoms with E-state index in [0.29, 0.717) is 4.90 Å². The van der Waals surface area contributed by atoms with E-state index in [9.17, 15) is 23.2 Å². The summed E-state index contributed by atoms with van der Waals surface area (Å²) in [7, 11) is 0. The van der Waals surface area contributed by atoms with E-state index in [1.165, 1.54) is 0 Å². The van der Waals surface area contributed by atoms with Gasteiger partial charge in [-0.1, -0.05) is 0 Å². The molecule has 0 atom stereocenters. The molecule has 0 aromatic carbocycles. The molecule has 0 aliphatic carbocycles. The van der Waals surface area contributed by atoms with Gasteiger partial charge >= 0.3 is 12.0 Å². The third-order valence-corrected chi connectivity index (χ3v) is 2.02. The SMILES string of the molecule is CC(C)(C)OC(=O)N1CC(=O)C(F)(F)C(=O)C1. The van der Waals surface area contributed by atoms with Gasteiger partial charge in [0.25, 0.3) is 0 Å². The minimum Gasteiger partial charge on any atom is -0.444 e. The van der Waals surface area contributed by atoms with Crippen LogP contribution in [-0.2, 0) is 14.3 Å². The summed E-state index contributed by atoms with van der Waals surface area (Å²) in [4.78, 5) is 34.1. The zero-order valence-corrected chi connectivity index (χ0v) is 9.75. The number of likely N-dealkylation sites (tertiary alicyclic amines) is 1. The summed E-state index contributed by atoms with van der Waals surface area (Å²) in [6.07, 6.45) is -0.949. The average molecular weight is 249 g/mol. The van der Waals surface area contributed by atoms with Gasteiger partial charge in [-0.2, -0.15) is 8.78 Å². The average Bonchev–Trinajstić information content (AvgIpc) is 2.11. The molecule has 0 aromatic rings. The Kier molecular flexibility index (Phi) is 3.22. The van der Waals surface area contributed by atoms with Gasteiger partial charge in [0, 0.05) is 0 Å². The van der Waals surface area contributed by atoms with E-state index in [-0.39, 0.29) is 0 Å². The molecule has 1 heterocycles. The third kappa shape index (κ3) is 2.98. The number of alkyl halides is 2. The number of carbonyl (C=O) groups excluding carboxylic acids is 3. The van der Waals surface area contributed by atoms with E-state index >= 15 is 0 Å². The van der Waals surface area contributed by atoms with E-state index < -0.39 is 42.3 Å². The second-order valence-electron chi connectivity index (χ2n) is 4.76. The second-order valence-corrected chi connectivity index (χ2v) is 4.76. The van der Waals surface area contributed by atoms with Crippen LogP contribution >= 0.6 is 0 Å². The molecule has 0 unspecified atom stereocenters. The molecular weight excluding hydrogens is 236 g/mol. The van der Waals surface area contributed by atoms with Gasteiger partial charge in [-0.25, -0.2) is 4.79 Å². The number of nitrogens with zero attached hydrogens (tertiary/aromatic N) is 1. The molecule has 1 aliphatic heterocycles. The number of rotatable bonds is 0. The zero-order chi connectivity index (χ0) is 13.4. The Bertz CT molecular complexity index is 353. The molecule has 0 radical (unpaired) electrons. The first-order chi connectivity index (χ1) is 7.54. The van der Waals surface area contributed by atoms with Gasteiger partial charge in [0.05, 0.1) is 13.1 Å². The quantitative estimate of drug-likeness (QED) is 0.601. The minimum atomic E-state index is -3.99. The summed E-state index contributed by atoms with van der Waals surface area (Å²) in [5, 5.41) is 0. The van der Waals surface area contributed by atoms with Crippen LogP contribution in [0.4, 0.5) is 13.6 Å². The molecule has 1 aliphatic rings. The molecule has 0 spiro atoms. The fourth-order valence-corrected chi connectivity index (χ4v) is 1.21. The molecule has 5 nitrogen and oxygen atoms in total. The van der Waals surface area contributed by atoms with Crippen molar-refractivity contribution in [2.24, 2.45) is 0 Å². The number of ether oxygens (including phenoxy) is 1. The fourth-order valence-electron chi connectivity index (χ4n) is 1.21. The maximum atomic E-state index is 12.9. The largest absolute Gasteiger partial charge is 0.444 e. The maximum Gasteiger partial charge on any atom is 0.411 e. The predicted octanol–water partition coefficient (Wildman–Crippen LogP) is 1.01. The molecular formula is C10H13F2NO4. The lowest BCUT2D eigenvalue weighted by Crippen LogP contribution is -2.57. The highest BCUT2D eigenvalue weighted by molar-refractivity contribution is 6.13.